The van der Waals surface area contributed by atoms with Crippen molar-refractivity contribution in [3.05, 3.63) is 35.9 Å². The second-order valence-corrected chi connectivity index (χ2v) is 8.92. The summed E-state index contributed by atoms with van der Waals surface area (Å²) in [6.07, 6.45) is 0.568. The number of aliphatic hydroxyl groups excluding tert-OH is 1. The predicted octanol–water partition coefficient (Wildman–Crippen LogP) is 0.0285. The summed E-state index contributed by atoms with van der Waals surface area (Å²) in [5.41, 5.74) is 7.04. The molecule has 1 saturated heterocycles. The Bertz CT molecular complexity index is 862. The molecule has 3 amide bonds. The van der Waals surface area contributed by atoms with Gasteiger partial charge in [0.2, 0.25) is 17.7 Å². The Morgan fingerprint density at radius 3 is 2.32 bits per heavy atom. The maximum Gasteiger partial charge on any atom is 0.326 e. The molecular weight excluding hydrogens is 440 g/mol. The molecular formula is C24H36N4O6. The van der Waals surface area contributed by atoms with E-state index >= 15 is 0 Å². The van der Waals surface area contributed by atoms with Crippen LogP contribution >= 0.6 is 0 Å². The van der Waals surface area contributed by atoms with Crippen molar-refractivity contribution in [2.45, 2.75) is 76.7 Å². The highest BCUT2D eigenvalue weighted by Gasteiger charge is 2.39. The average molecular weight is 477 g/mol. The summed E-state index contributed by atoms with van der Waals surface area (Å²) in [6, 6.07) is 5.16. The van der Waals surface area contributed by atoms with E-state index < -0.39 is 48.1 Å². The number of aliphatic hydroxyl groups is 1. The molecule has 0 aromatic heterocycles. The number of rotatable bonds is 11. The second-order valence-electron chi connectivity index (χ2n) is 8.92. The fourth-order valence-corrected chi connectivity index (χ4v) is 4.05. The minimum absolute atomic E-state index is 0.329. The first kappa shape index (κ1) is 27.3. The topological polar surface area (TPSA) is 162 Å². The molecule has 6 unspecified atom stereocenters. The lowest BCUT2D eigenvalue weighted by Crippen LogP contribution is -2.60. The lowest BCUT2D eigenvalue weighted by atomic mass is 9.98. The van der Waals surface area contributed by atoms with Gasteiger partial charge in [0, 0.05) is 6.54 Å². The van der Waals surface area contributed by atoms with Crippen LogP contribution in [0.4, 0.5) is 0 Å². The molecule has 1 fully saturated rings. The fourth-order valence-electron chi connectivity index (χ4n) is 4.05. The highest BCUT2D eigenvalue weighted by molar-refractivity contribution is 5.94. The standard InChI is InChI=1S/C24H36N4O6/c1-4-14(2)19(24(33)34)26-22(31)20(15(3)29)27-21(30)18-11-8-12-28(18)23(32)17(25)13-16-9-6-5-7-10-16/h5-7,9-10,14-15,17-20,29H,4,8,11-13,25H2,1-3H3,(H,26,31)(H,27,30)(H,33,34). The van der Waals surface area contributed by atoms with Gasteiger partial charge in [-0.3, -0.25) is 14.4 Å². The molecule has 1 aliphatic heterocycles. The third-order valence-electron chi connectivity index (χ3n) is 6.29. The first-order valence-electron chi connectivity index (χ1n) is 11.7. The summed E-state index contributed by atoms with van der Waals surface area (Å²) >= 11 is 0. The van der Waals surface area contributed by atoms with Gasteiger partial charge < -0.3 is 31.5 Å². The van der Waals surface area contributed by atoms with Crippen molar-refractivity contribution in [1.82, 2.24) is 15.5 Å². The quantitative estimate of drug-likeness (QED) is 0.301. The normalized spacial score (nSPS) is 20.0. The van der Waals surface area contributed by atoms with E-state index in [4.69, 9.17) is 5.73 Å². The predicted molar refractivity (Wildman–Crippen MR) is 125 cm³/mol. The van der Waals surface area contributed by atoms with E-state index in [9.17, 15) is 29.4 Å². The van der Waals surface area contributed by atoms with E-state index in [0.29, 0.717) is 32.2 Å². The van der Waals surface area contributed by atoms with Crippen molar-refractivity contribution in [3.8, 4) is 0 Å². The zero-order chi connectivity index (χ0) is 25.4. The lowest BCUT2D eigenvalue weighted by Gasteiger charge is -2.30. The molecule has 0 saturated carbocycles. The average Bonchev–Trinajstić information content (AvgIpc) is 3.29. The molecule has 2 rings (SSSR count). The Hall–Kier alpha value is -2.98. The Kier molecular flexibility index (Phi) is 10.0. The number of nitrogens with two attached hydrogens (primary N) is 1. The van der Waals surface area contributed by atoms with Gasteiger partial charge in [-0.05, 0) is 37.7 Å². The van der Waals surface area contributed by atoms with Crippen LogP contribution in [0.1, 0.15) is 45.6 Å². The summed E-state index contributed by atoms with van der Waals surface area (Å²) in [5.74, 6) is -3.29. The van der Waals surface area contributed by atoms with E-state index in [1.54, 1.807) is 13.8 Å². The highest BCUT2D eigenvalue weighted by Crippen LogP contribution is 2.20. The summed E-state index contributed by atoms with van der Waals surface area (Å²) in [5, 5.41) is 24.5. The van der Waals surface area contributed by atoms with Crippen molar-refractivity contribution < 1.29 is 29.4 Å². The number of likely N-dealkylation sites (tertiary alicyclic amines) is 1. The van der Waals surface area contributed by atoms with Crippen LogP contribution in [0.5, 0.6) is 0 Å². The molecule has 0 spiro atoms. The molecule has 10 heteroatoms. The van der Waals surface area contributed by atoms with Gasteiger partial charge in [-0.2, -0.15) is 0 Å². The molecule has 1 heterocycles. The van der Waals surface area contributed by atoms with Crippen molar-refractivity contribution in [1.29, 1.82) is 0 Å². The Morgan fingerprint density at radius 1 is 1.12 bits per heavy atom. The zero-order valence-electron chi connectivity index (χ0n) is 19.9. The minimum atomic E-state index is -1.37. The molecule has 188 valence electrons. The van der Waals surface area contributed by atoms with Crippen molar-refractivity contribution in [3.63, 3.8) is 0 Å². The number of carboxylic acid groups (broad SMARTS) is 1. The lowest BCUT2D eigenvalue weighted by molar-refractivity contribution is -0.145. The molecule has 6 N–H and O–H groups in total. The maximum atomic E-state index is 13.0. The fraction of sp³-hybridized carbons (Fsp3) is 0.583. The van der Waals surface area contributed by atoms with E-state index in [-0.39, 0.29) is 11.8 Å². The molecule has 0 radical (unpaired) electrons. The van der Waals surface area contributed by atoms with E-state index in [1.165, 1.54) is 11.8 Å². The number of nitrogens with one attached hydrogen (secondary N) is 2. The third-order valence-corrected chi connectivity index (χ3v) is 6.29. The molecule has 0 bridgehead atoms. The molecule has 1 aromatic rings. The Morgan fingerprint density at radius 2 is 1.76 bits per heavy atom. The number of hydrogen-bond acceptors (Lipinski definition) is 6. The number of nitrogens with zero attached hydrogens (tertiary/aromatic N) is 1. The summed E-state index contributed by atoms with van der Waals surface area (Å²) in [6.45, 7) is 5.18. The van der Waals surface area contributed by atoms with Gasteiger partial charge >= 0.3 is 5.97 Å². The molecule has 6 atom stereocenters. The number of carbonyl (C=O) groups excluding carboxylic acids is 3. The molecule has 1 aliphatic rings. The third kappa shape index (κ3) is 7.01. The van der Waals surface area contributed by atoms with Crippen LogP contribution < -0.4 is 16.4 Å². The van der Waals surface area contributed by atoms with Crippen molar-refractivity contribution >= 4 is 23.7 Å². The van der Waals surface area contributed by atoms with Gasteiger partial charge in [-0.15, -0.1) is 0 Å². The number of amides is 3. The van der Waals surface area contributed by atoms with Gasteiger partial charge in [-0.1, -0.05) is 50.6 Å². The zero-order valence-corrected chi connectivity index (χ0v) is 19.9. The minimum Gasteiger partial charge on any atom is -0.480 e. The highest BCUT2D eigenvalue weighted by atomic mass is 16.4. The number of hydrogen-bond donors (Lipinski definition) is 5. The van der Waals surface area contributed by atoms with Crippen LogP contribution in [0.25, 0.3) is 0 Å². The number of aliphatic carboxylic acids is 1. The van der Waals surface area contributed by atoms with E-state index in [1.807, 2.05) is 30.3 Å². The van der Waals surface area contributed by atoms with E-state index in [0.717, 1.165) is 5.56 Å². The number of benzene rings is 1. The Balaban J connectivity index is 2.07. The van der Waals surface area contributed by atoms with Gasteiger partial charge in [0.15, 0.2) is 0 Å². The van der Waals surface area contributed by atoms with E-state index in [2.05, 4.69) is 10.6 Å². The molecule has 34 heavy (non-hydrogen) atoms. The van der Waals surface area contributed by atoms with Crippen molar-refractivity contribution in [2.24, 2.45) is 11.7 Å². The van der Waals surface area contributed by atoms with Crippen LogP contribution in [0.2, 0.25) is 0 Å². The number of carboxylic acids is 1. The van der Waals surface area contributed by atoms with Crippen LogP contribution in [-0.4, -0.2) is 75.6 Å². The summed E-state index contributed by atoms with van der Waals surface area (Å²) < 4.78 is 0. The molecule has 10 nitrogen and oxygen atoms in total. The van der Waals surface area contributed by atoms with Gasteiger partial charge in [0.1, 0.15) is 18.1 Å². The van der Waals surface area contributed by atoms with Crippen LogP contribution in [-0.2, 0) is 25.6 Å². The van der Waals surface area contributed by atoms with Crippen molar-refractivity contribution in [2.75, 3.05) is 6.54 Å². The SMILES string of the molecule is CCC(C)C(NC(=O)C(NC(=O)C1CCCN1C(=O)C(N)Cc1ccccc1)C(C)O)C(=O)O. The Labute approximate surface area is 199 Å². The maximum absolute atomic E-state index is 13.0. The largest absolute Gasteiger partial charge is 0.480 e. The number of carbonyl (C=O) groups is 4. The monoisotopic (exact) mass is 476 g/mol. The molecule has 1 aromatic carbocycles. The molecule has 0 aliphatic carbocycles. The van der Waals surface area contributed by atoms with Gasteiger partial charge in [0.05, 0.1) is 12.1 Å². The summed E-state index contributed by atoms with van der Waals surface area (Å²) in [4.78, 5) is 51.7. The second kappa shape index (κ2) is 12.5. The van der Waals surface area contributed by atoms with Gasteiger partial charge in [0.25, 0.3) is 0 Å². The van der Waals surface area contributed by atoms with Crippen LogP contribution in [0, 0.1) is 5.92 Å². The first-order valence-corrected chi connectivity index (χ1v) is 11.7. The first-order chi connectivity index (χ1) is 16.1. The van der Waals surface area contributed by atoms with Crippen LogP contribution in [0.3, 0.4) is 0 Å². The summed E-state index contributed by atoms with van der Waals surface area (Å²) in [7, 11) is 0. The van der Waals surface area contributed by atoms with Crippen LogP contribution in [0.15, 0.2) is 30.3 Å². The smallest absolute Gasteiger partial charge is 0.326 e. The van der Waals surface area contributed by atoms with Gasteiger partial charge in [-0.25, -0.2) is 4.79 Å².